The van der Waals surface area contributed by atoms with E-state index in [1.54, 1.807) is 6.07 Å². The molecule has 1 saturated heterocycles. The minimum absolute atomic E-state index is 0. The van der Waals surface area contributed by atoms with Gasteiger partial charge in [-0.1, -0.05) is 18.5 Å². The summed E-state index contributed by atoms with van der Waals surface area (Å²) in [5, 5.41) is 0.313. The fourth-order valence-electron chi connectivity index (χ4n) is 2.36. The first-order chi connectivity index (χ1) is 9.02. The maximum absolute atomic E-state index is 12.9. The second kappa shape index (κ2) is 7.46. The zero-order valence-corrected chi connectivity index (χ0v) is 13.1. The molecule has 1 aliphatic heterocycles. The van der Waals surface area contributed by atoms with Gasteiger partial charge in [0.2, 0.25) is 0 Å². The van der Waals surface area contributed by atoms with Crippen molar-refractivity contribution >= 4 is 24.0 Å². The van der Waals surface area contributed by atoms with Gasteiger partial charge in [0.05, 0.1) is 5.02 Å². The summed E-state index contributed by atoms with van der Waals surface area (Å²) in [7, 11) is 0. The van der Waals surface area contributed by atoms with Crippen LogP contribution in [0.15, 0.2) is 18.2 Å². The molecule has 1 aromatic rings. The first-order valence-electron chi connectivity index (χ1n) is 6.53. The molecule has 2 rings (SSSR count). The number of hydrogen-bond donors (Lipinski definition) is 1. The lowest BCUT2D eigenvalue weighted by atomic mass is 9.90. The van der Waals surface area contributed by atoms with Crippen molar-refractivity contribution < 1.29 is 9.13 Å². The Balaban J connectivity index is 0.00000200. The zero-order chi connectivity index (χ0) is 13.9. The molecule has 0 amide bonds. The molecule has 0 spiro atoms. The molecular formula is C14H21Cl2FN2O. The third-order valence-corrected chi connectivity index (χ3v) is 3.98. The van der Waals surface area contributed by atoms with Crippen molar-refractivity contribution in [3.05, 3.63) is 29.0 Å². The molecule has 6 heteroatoms. The molecule has 1 aliphatic rings. The van der Waals surface area contributed by atoms with E-state index in [0.29, 0.717) is 23.9 Å². The molecule has 20 heavy (non-hydrogen) atoms. The number of halogens is 3. The highest BCUT2D eigenvalue weighted by atomic mass is 35.5. The van der Waals surface area contributed by atoms with E-state index in [-0.39, 0.29) is 23.6 Å². The number of hydrogen-bond acceptors (Lipinski definition) is 3. The normalized spacial score (nSPS) is 22.6. The van der Waals surface area contributed by atoms with Gasteiger partial charge in [0.15, 0.2) is 0 Å². The van der Waals surface area contributed by atoms with Gasteiger partial charge in [-0.15, -0.1) is 12.4 Å². The van der Waals surface area contributed by atoms with E-state index < -0.39 is 0 Å². The van der Waals surface area contributed by atoms with Crippen molar-refractivity contribution in [1.82, 2.24) is 4.90 Å². The highest BCUT2D eigenvalue weighted by Gasteiger charge is 2.31. The van der Waals surface area contributed by atoms with Crippen LogP contribution in [-0.4, -0.2) is 37.7 Å². The fourth-order valence-corrected chi connectivity index (χ4v) is 2.58. The van der Waals surface area contributed by atoms with Gasteiger partial charge in [-0.2, -0.15) is 0 Å². The third kappa shape index (κ3) is 4.48. The zero-order valence-electron chi connectivity index (χ0n) is 11.6. The Morgan fingerprint density at radius 2 is 2.25 bits per heavy atom. The van der Waals surface area contributed by atoms with Crippen molar-refractivity contribution in [2.24, 2.45) is 11.1 Å². The third-order valence-electron chi connectivity index (χ3n) is 3.69. The SMILES string of the molecule is CC1(CN)CCN(CCOc2ccc(F)cc2Cl)C1.Cl. The van der Waals surface area contributed by atoms with Gasteiger partial charge >= 0.3 is 0 Å². The molecule has 2 N–H and O–H groups in total. The molecule has 1 atom stereocenters. The number of rotatable bonds is 5. The number of nitrogens with two attached hydrogens (primary N) is 1. The molecule has 1 fully saturated rings. The smallest absolute Gasteiger partial charge is 0.138 e. The number of benzene rings is 1. The molecule has 1 heterocycles. The van der Waals surface area contributed by atoms with Crippen LogP contribution in [0.3, 0.4) is 0 Å². The molecule has 114 valence electrons. The predicted octanol–water partition coefficient (Wildman–Crippen LogP) is 2.95. The summed E-state index contributed by atoms with van der Waals surface area (Å²) >= 11 is 5.90. The van der Waals surface area contributed by atoms with Crippen LogP contribution in [0.5, 0.6) is 5.75 Å². The average Bonchev–Trinajstić information content (AvgIpc) is 2.75. The van der Waals surface area contributed by atoms with Crippen LogP contribution < -0.4 is 10.5 Å². The standard InChI is InChI=1S/C14H20ClFN2O.ClH/c1-14(9-17)4-5-18(10-14)6-7-19-13-3-2-11(16)8-12(13)15;/h2-3,8H,4-7,9-10,17H2,1H3;1H. The summed E-state index contributed by atoms with van der Waals surface area (Å²) in [4.78, 5) is 2.34. The van der Waals surface area contributed by atoms with Crippen LogP contribution in [-0.2, 0) is 0 Å². The van der Waals surface area contributed by atoms with Gasteiger partial charge in [0.1, 0.15) is 18.2 Å². The maximum atomic E-state index is 12.9. The summed E-state index contributed by atoms with van der Waals surface area (Å²) < 4.78 is 18.5. The van der Waals surface area contributed by atoms with Crippen molar-refractivity contribution in [1.29, 1.82) is 0 Å². The van der Waals surface area contributed by atoms with Gasteiger partial charge in [-0.3, -0.25) is 4.90 Å². The molecular weight excluding hydrogens is 302 g/mol. The summed E-state index contributed by atoms with van der Waals surface area (Å²) in [6.45, 7) is 6.37. The first kappa shape index (κ1) is 17.5. The minimum Gasteiger partial charge on any atom is -0.491 e. The highest BCUT2D eigenvalue weighted by molar-refractivity contribution is 6.32. The molecule has 1 unspecified atom stereocenters. The molecule has 0 radical (unpaired) electrons. The highest BCUT2D eigenvalue weighted by Crippen LogP contribution is 2.28. The predicted molar refractivity (Wildman–Crippen MR) is 82.4 cm³/mol. The molecule has 0 bridgehead atoms. The van der Waals surface area contributed by atoms with E-state index in [2.05, 4.69) is 11.8 Å². The second-order valence-electron chi connectivity index (χ2n) is 5.46. The number of likely N-dealkylation sites (tertiary alicyclic amines) is 1. The lowest BCUT2D eigenvalue weighted by molar-refractivity contribution is 0.219. The summed E-state index contributed by atoms with van der Waals surface area (Å²) in [6.07, 6.45) is 1.13. The van der Waals surface area contributed by atoms with E-state index in [4.69, 9.17) is 22.1 Å². The first-order valence-corrected chi connectivity index (χ1v) is 6.90. The second-order valence-corrected chi connectivity index (χ2v) is 5.87. The topological polar surface area (TPSA) is 38.5 Å². The van der Waals surface area contributed by atoms with E-state index in [0.717, 1.165) is 26.1 Å². The summed E-state index contributed by atoms with van der Waals surface area (Å²) in [5.41, 5.74) is 6.00. The minimum atomic E-state index is -0.351. The van der Waals surface area contributed by atoms with Crippen molar-refractivity contribution in [2.75, 3.05) is 32.8 Å². The number of ether oxygens (including phenoxy) is 1. The van der Waals surface area contributed by atoms with E-state index in [9.17, 15) is 4.39 Å². The van der Waals surface area contributed by atoms with Crippen LogP contribution in [0.4, 0.5) is 4.39 Å². The summed E-state index contributed by atoms with van der Waals surface area (Å²) in [6, 6.07) is 4.17. The Labute approximate surface area is 130 Å². The van der Waals surface area contributed by atoms with Crippen molar-refractivity contribution in [3.8, 4) is 5.75 Å². The monoisotopic (exact) mass is 322 g/mol. The van der Waals surface area contributed by atoms with Crippen LogP contribution in [0, 0.1) is 11.2 Å². The molecule has 3 nitrogen and oxygen atoms in total. The van der Waals surface area contributed by atoms with Gasteiger partial charge in [0.25, 0.3) is 0 Å². The molecule has 0 saturated carbocycles. The van der Waals surface area contributed by atoms with E-state index >= 15 is 0 Å². The lowest BCUT2D eigenvalue weighted by Gasteiger charge is -2.22. The molecule has 0 aliphatic carbocycles. The van der Waals surface area contributed by atoms with Crippen LogP contribution in [0.1, 0.15) is 13.3 Å². The average molecular weight is 323 g/mol. The largest absolute Gasteiger partial charge is 0.491 e. The fraction of sp³-hybridized carbons (Fsp3) is 0.571. The summed E-state index contributed by atoms with van der Waals surface area (Å²) in [5.74, 6) is 0.180. The quantitative estimate of drug-likeness (QED) is 0.905. The van der Waals surface area contributed by atoms with Crippen molar-refractivity contribution in [3.63, 3.8) is 0 Å². The molecule has 0 aromatic heterocycles. The van der Waals surface area contributed by atoms with Crippen molar-refractivity contribution in [2.45, 2.75) is 13.3 Å². The Bertz CT molecular complexity index is 447. The van der Waals surface area contributed by atoms with E-state index in [1.807, 2.05) is 0 Å². The van der Waals surface area contributed by atoms with Gasteiger partial charge in [0, 0.05) is 13.1 Å². The van der Waals surface area contributed by atoms with Gasteiger partial charge in [-0.25, -0.2) is 4.39 Å². The Hall–Kier alpha value is -0.550. The van der Waals surface area contributed by atoms with E-state index in [1.165, 1.54) is 12.1 Å². The van der Waals surface area contributed by atoms with Gasteiger partial charge < -0.3 is 10.5 Å². The van der Waals surface area contributed by atoms with Gasteiger partial charge in [-0.05, 0) is 43.1 Å². The maximum Gasteiger partial charge on any atom is 0.138 e. The van der Waals surface area contributed by atoms with Crippen LogP contribution in [0.25, 0.3) is 0 Å². The van der Waals surface area contributed by atoms with Crippen LogP contribution in [0.2, 0.25) is 5.02 Å². The molecule has 1 aromatic carbocycles. The van der Waals surface area contributed by atoms with Crippen LogP contribution >= 0.6 is 24.0 Å². The Kier molecular flexibility index (Phi) is 6.52. The Morgan fingerprint density at radius 3 is 2.85 bits per heavy atom. The lowest BCUT2D eigenvalue weighted by Crippen LogP contribution is -2.33. The number of nitrogens with zero attached hydrogens (tertiary/aromatic N) is 1. The Morgan fingerprint density at radius 1 is 1.50 bits per heavy atom.